The average Bonchev–Trinajstić information content (AvgIpc) is 2.21. The topological polar surface area (TPSA) is 46.5 Å². The summed E-state index contributed by atoms with van der Waals surface area (Å²) in [7, 11) is 0. The molecule has 0 saturated carbocycles. The van der Waals surface area contributed by atoms with Gasteiger partial charge in [0, 0.05) is 12.5 Å². The summed E-state index contributed by atoms with van der Waals surface area (Å²) < 4.78 is 5.01. The molecule has 1 unspecified atom stereocenters. The Bertz CT molecular complexity index is 340. The lowest BCUT2D eigenvalue weighted by Crippen LogP contribution is -2.15. The minimum absolute atomic E-state index is 0.194. The van der Waals surface area contributed by atoms with Crippen LogP contribution in [-0.2, 0) is 16.0 Å². The maximum Gasteiger partial charge on any atom is 0.330 e. The number of ether oxygens (including phenoxy) is 1. The van der Waals surface area contributed by atoms with E-state index in [-0.39, 0.29) is 11.9 Å². The molecular formula is C12H14O3. The molecule has 0 amide bonds. The fraction of sp³-hybridized carbons (Fsp3) is 0.250. The van der Waals surface area contributed by atoms with Crippen LogP contribution >= 0.6 is 0 Å². The largest absolute Gasteiger partial charge is 0.508 e. The minimum Gasteiger partial charge on any atom is -0.508 e. The van der Waals surface area contributed by atoms with Crippen LogP contribution < -0.4 is 0 Å². The summed E-state index contributed by atoms with van der Waals surface area (Å²) in [4.78, 5) is 10.9. The first-order chi connectivity index (χ1) is 7.11. The van der Waals surface area contributed by atoms with E-state index in [1.807, 2.05) is 6.92 Å². The highest BCUT2D eigenvalue weighted by molar-refractivity contribution is 5.81. The summed E-state index contributed by atoms with van der Waals surface area (Å²) in [6.45, 7) is 5.14. The monoisotopic (exact) mass is 206 g/mol. The Morgan fingerprint density at radius 1 is 1.53 bits per heavy atom. The summed E-state index contributed by atoms with van der Waals surface area (Å²) in [5, 5.41) is 9.08. The predicted octanol–water partition coefficient (Wildman–Crippen LogP) is 2.05. The quantitative estimate of drug-likeness (QED) is 0.605. The fourth-order valence-electron chi connectivity index (χ4n) is 1.25. The number of benzene rings is 1. The van der Waals surface area contributed by atoms with Crippen molar-refractivity contribution in [3.63, 3.8) is 0 Å². The summed E-state index contributed by atoms with van der Waals surface area (Å²) in [6, 6.07) is 6.82. The number of esters is 1. The molecule has 0 aliphatic heterocycles. The molecule has 0 aliphatic carbocycles. The van der Waals surface area contributed by atoms with E-state index in [2.05, 4.69) is 6.58 Å². The molecule has 0 spiro atoms. The molecule has 1 aromatic rings. The second-order valence-electron chi connectivity index (χ2n) is 3.32. The summed E-state index contributed by atoms with van der Waals surface area (Å²) >= 11 is 0. The highest BCUT2D eigenvalue weighted by atomic mass is 16.5. The van der Waals surface area contributed by atoms with Gasteiger partial charge in [-0.1, -0.05) is 18.7 Å². The Balaban J connectivity index is 2.51. The molecule has 80 valence electrons. The van der Waals surface area contributed by atoms with Gasteiger partial charge in [-0.05, 0) is 24.6 Å². The van der Waals surface area contributed by atoms with Crippen molar-refractivity contribution in [2.24, 2.45) is 0 Å². The molecule has 0 fully saturated rings. The molecule has 1 rings (SSSR count). The lowest BCUT2D eigenvalue weighted by atomic mass is 10.1. The lowest BCUT2D eigenvalue weighted by molar-refractivity contribution is -0.142. The standard InChI is InChI=1S/C12H14O3/c1-3-12(14)15-9(2)8-10-4-6-11(13)7-5-10/h3-7,9,13H,1,8H2,2H3. The van der Waals surface area contributed by atoms with Crippen molar-refractivity contribution in [2.45, 2.75) is 19.4 Å². The molecule has 15 heavy (non-hydrogen) atoms. The highest BCUT2D eigenvalue weighted by Gasteiger charge is 2.07. The van der Waals surface area contributed by atoms with Crippen LogP contribution in [0.15, 0.2) is 36.9 Å². The van der Waals surface area contributed by atoms with E-state index in [9.17, 15) is 4.79 Å². The van der Waals surface area contributed by atoms with Gasteiger partial charge in [0.2, 0.25) is 0 Å². The smallest absolute Gasteiger partial charge is 0.330 e. The second-order valence-corrected chi connectivity index (χ2v) is 3.32. The van der Waals surface area contributed by atoms with E-state index in [1.54, 1.807) is 24.3 Å². The molecule has 0 heterocycles. The van der Waals surface area contributed by atoms with Crippen LogP contribution in [0, 0.1) is 0 Å². The molecule has 1 aromatic carbocycles. The van der Waals surface area contributed by atoms with Gasteiger partial charge in [0.25, 0.3) is 0 Å². The van der Waals surface area contributed by atoms with E-state index >= 15 is 0 Å². The van der Waals surface area contributed by atoms with Crippen molar-refractivity contribution < 1.29 is 14.6 Å². The maximum absolute atomic E-state index is 10.9. The van der Waals surface area contributed by atoms with Crippen LogP contribution in [0.1, 0.15) is 12.5 Å². The summed E-state index contributed by atoms with van der Waals surface area (Å²) in [6.07, 6.45) is 1.58. The Labute approximate surface area is 89.0 Å². The van der Waals surface area contributed by atoms with Crippen molar-refractivity contribution >= 4 is 5.97 Å². The first-order valence-corrected chi connectivity index (χ1v) is 4.72. The third-order valence-corrected chi connectivity index (χ3v) is 1.94. The second kappa shape index (κ2) is 5.20. The number of carbonyl (C=O) groups is 1. The lowest BCUT2D eigenvalue weighted by Gasteiger charge is -2.11. The van der Waals surface area contributed by atoms with Crippen LogP contribution in [0.3, 0.4) is 0 Å². The number of hydrogen-bond donors (Lipinski definition) is 1. The zero-order valence-electron chi connectivity index (χ0n) is 8.64. The van der Waals surface area contributed by atoms with Crippen molar-refractivity contribution in [3.8, 4) is 5.75 Å². The van der Waals surface area contributed by atoms with E-state index in [4.69, 9.17) is 9.84 Å². The zero-order chi connectivity index (χ0) is 11.3. The Kier molecular flexibility index (Phi) is 3.92. The molecule has 1 atom stereocenters. The van der Waals surface area contributed by atoms with Gasteiger partial charge in [-0.2, -0.15) is 0 Å². The van der Waals surface area contributed by atoms with Gasteiger partial charge in [0.1, 0.15) is 11.9 Å². The van der Waals surface area contributed by atoms with E-state index < -0.39 is 5.97 Å². The molecule has 0 aromatic heterocycles. The van der Waals surface area contributed by atoms with Crippen LogP contribution in [0.2, 0.25) is 0 Å². The molecule has 0 aliphatic rings. The zero-order valence-corrected chi connectivity index (χ0v) is 8.64. The third kappa shape index (κ3) is 3.85. The Morgan fingerprint density at radius 2 is 2.13 bits per heavy atom. The average molecular weight is 206 g/mol. The van der Waals surface area contributed by atoms with Gasteiger partial charge in [0.05, 0.1) is 0 Å². The number of rotatable bonds is 4. The van der Waals surface area contributed by atoms with Gasteiger partial charge < -0.3 is 9.84 Å². The first-order valence-electron chi connectivity index (χ1n) is 4.72. The highest BCUT2D eigenvalue weighted by Crippen LogP contribution is 2.12. The number of phenols is 1. The third-order valence-electron chi connectivity index (χ3n) is 1.94. The molecule has 0 radical (unpaired) electrons. The van der Waals surface area contributed by atoms with Crippen LogP contribution in [0.5, 0.6) is 5.75 Å². The molecule has 3 nitrogen and oxygen atoms in total. The van der Waals surface area contributed by atoms with Crippen LogP contribution in [0.4, 0.5) is 0 Å². The first kappa shape index (κ1) is 11.3. The van der Waals surface area contributed by atoms with Gasteiger partial charge in [-0.15, -0.1) is 0 Å². The maximum atomic E-state index is 10.9. The number of aromatic hydroxyl groups is 1. The van der Waals surface area contributed by atoms with Gasteiger partial charge in [0.15, 0.2) is 0 Å². The number of carbonyl (C=O) groups excluding carboxylic acids is 1. The van der Waals surface area contributed by atoms with Crippen molar-refractivity contribution in [1.82, 2.24) is 0 Å². The predicted molar refractivity (Wildman–Crippen MR) is 57.6 cm³/mol. The van der Waals surface area contributed by atoms with Crippen LogP contribution in [0.25, 0.3) is 0 Å². The molecule has 1 N–H and O–H groups in total. The van der Waals surface area contributed by atoms with Crippen molar-refractivity contribution in [1.29, 1.82) is 0 Å². The molecule has 0 saturated heterocycles. The number of phenolic OH excluding ortho intramolecular Hbond substituents is 1. The van der Waals surface area contributed by atoms with E-state index in [0.29, 0.717) is 6.42 Å². The van der Waals surface area contributed by atoms with Crippen LogP contribution in [-0.4, -0.2) is 17.2 Å². The van der Waals surface area contributed by atoms with E-state index in [0.717, 1.165) is 11.6 Å². The summed E-state index contributed by atoms with van der Waals surface area (Å²) in [5.41, 5.74) is 1.01. The van der Waals surface area contributed by atoms with E-state index in [1.165, 1.54) is 0 Å². The molecule has 3 heteroatoms. The molecular weight excluding hydrogens is 192 g/mol. The number of hydrogen-bond acceptors (Lipinski definition) is 3. The normalized spacial score (nSPS) is 11.8. The van der Waals surface area contributed by atoms with Gasteiger partial charge in [-0.25, -0.2) is 4.79 Å². The fourth-order valence-corrected chi connectivity index (χ4v) is 1.25. The Morgan fingerprint density at radius 3 is 2.67 bits per heavy atom. The van der Waals surface area contributed by atoms with Gasteiger partial charge in [-0.3, -0.25) is 0 Å². The minimum atomic E-state index is -0.415. The molecule has 0 bridgehead atoms. The van der Waals surface area contributed by atoms with Gasteiger partial charge >= 0.3 is 5.97 Å². The SMILES string of the molecule is C=CC(=O)OC(C)Cc1ccc(O)cc1. The van der Waals surface area contributed by atoms with Crippen molar-refractivity contribution in [2.75, 3.05) is 0 Å². The Hall–Kier alpha value is -1.77. The summed E-state index contributed by atoms with van der Waals surface area (Å²) in [5.74, 6) is -0.184. The van der Waals surface area contributed by atoms with Crippen molar-refractivity contribution in [3.05, 3.63) is 42.5 Å².